The predicted octanol–water partition coefficient (Wildman–Crippen LogP) is 3.19. The maximum Gasteiger partial charge on any atom is 0.121 e. The third-order valence-corrected chi connectivity index (χ3v) is 2.97. The molecule has 4 heteroatoms. The molecule has 0 atom stereocenters. The van der Waals surface area contributed by atoms with Gasteiger partial charge in [-0.25, -0.2) is 4.98 Å². The minimum Gasteiger partial charge on any atom is -0.378 e. The van der Waals surface area contributed by atoms with Crippen LogP contribution in [-0.2, 0) is 5.88 Å². The molecule has 0 saturated heterocycles. The number of H-pyrrole nitrogens is 1. The van der Waals surface area contributed by atoms with Crippen LogP contribution in [0, 0.1) is 6.92 Å². The number of aromatic amines is 1. The fraction of sp³-hybridized carbons (Fsp3) is 0.308. The molecular weight excluding hydrogens is 234 g/mol. The van der Waals surface area contributed by atoms with E-state index in [1.807, 2.05) is 21.0 Å². The van der Waals surface area contributed by atoms with Crippen molar-refractivity contribution in [2.45, 2.75) is 12.8 Å². The van der Waals surface area contributed by atoms with Gasteiger partial charge in [-0.1, -0.05) is 12.1 Å². The normalized spacial score (nSPS) is 10.6. The first-order chi connectivity index (χ1) is 8.11. The number of nitrogens with zero attached hydrogens (tertiary/aromatic N) is 2. The number of hydrogen-bond donors (Lipinski definition) is 1. The third-order valence-electron chi connectivity index (χ3n) is 2.72. The molecule has 0 saturated carbocycles. The lowest BCUT2D eigenvalue weighted by Crippen LogP contribution is -2.07. The predicted molar refractivity (Wildman–Crippen MR) is 72.6 cm³/mol. The van der Waals surface area contributed by atoms with Crippen LogP contribution in [0.2, 0.25) is 0 Å². The van der Waals surface area contributed by atoms with Gasteiger partial charge in [0.2, 0.25) is 0 Å². The molecule has 17 heavy (non-hydrogen) atoms. The van der Waals surface area contributed by atoms with Gasteiger partial charge in [0.05, 0.1) is 11.6 Å². The molecule has 0 unspecified atom stereocenters. The van der Waals surface area contributed by atoms with Gasteiger partial charge in [0.1, 0.15) is 5.82 Å². The van der Waals surface area contributed by atoms with E-state index >= 15 is 0 Å². The Balaban J connectivity index is 2.36. The van der Waals surface area contributed by atoms with Crippen molar-refractivity contribution >= 4 is 17.3 Å². The van der Waals surface area contributed by atoms with Crippen LogP contribution in [-0.4, -0.2) is 24.1 Å². The van der Waals surface area contributed by atoms with Gasteiger partial charge in [-0.05, 0) is 19.1 Å². The van der Waals surface area contributed by atoms with Crippen molar-refractivity contribution < 1.29 is 0 Å². The molecule has 1 aromatic carbocycles. The Morgan fingerprint density at radius 1 is 1.24 bits per heavy atom. The molecule has 3 nitrogen and oxygen atoms in total. The van der Waals surface area contributed by atoms with Gasteiger partial charge in [-0.15, -0.1) is 11.6 Å². The lowest BCUT2D eigenvalue weighted by atomic mass is 10.1. The summed E-state index contributed by atoms with van der Waals surface area (Å²) in [5.74, 6) is 1.23. The maximum atomic E-state index is 5.77. The van der Waals surface area contributed by atoms with Crippen molar-refractivity contribution in [1.82, 2.24) is 9.97 Å². The van der Waals surface area contributed by atoms with E-state index < -0.39 is 0 Å². The molecule has 2 rings (SSSR count). The molecule has 1 aromatic heterocycles. The molecule has 0 fully saturated rings. The first kappa shape index (κ1) is 12.0. The van der Waals surface area contributed by atoms with Crippen LogP contribution in [0.4, 0.5) is 5.69 Å². The Morgan fingerprint density at radius 2 is 1.88 bits per heavy atom. The number of rotatable bonds is 3. The number of aromatic nitrogens is 2. The van der Waals surface area contributed by atoms with E-state index in [0.717, 1.165) is 22.8 Å². The summed E-state index contributed by atoms with van der Waals surface area (Å²) in [6.07, 6.45) is 0. The second kappa shape index (κ2) is 4.80. The van der Waals surface area contributed by atoms with Crippen molar-refractivity contribution in [2.24, 2.45) is 0 Å². The minimum atomic E-state index is 0.413. The van der Waals surface area contributed by atoms with Gasteiger partial charge in [-0.3, -0.25) is 0 Å². The summed E-state index contributed by atoms with van der Waals surface area (Å²) < 4.78 is 0. The van der Waals surface area contributed by atoms with Crippen LogP contribution in [0.15, 0.2) is 24.3 Å². The summed E-state index contributed by atoms with van der Waals surface area (Å²) in [7, 11) is 4.06. The average Bonchev–Trinajstić information content (AvgIpc) is 2.71. The van der Waals surface area contributed by atoms with Crippen LogP contribution >= 0.6 is 11.6 Å². The standard InChI is InChI=1S/C13H16ClN3/c1-9-13(16-12(8-14)15-9)10-4-6-11(7-5-10)17(2)3/h4-7H,8H2,1-3H3,(H,15,16). The second-order valence-corrected chi connectivity index (χ2v) is 4.50. The van der Waals surface area contributed by atoms with Gasteiger partial charge in [-0.2, -0.15) is 0 Å². The molecule has 0 aliphatic heterocycles. The molecule has 0 aliphatic rings. The first-order valence-corrected chi connectivity index (χ1v) is 6.04. The lowest BCUT2D eigenvalue weighted by molar-refractivity contribution is 1.10. The summed E-state index contributed by atoms with van der Waals surface area (Å²) >= 11 is 5.77. The van der Waals surface area contributed by atoms with Crippen molar-refractivity contribution in [2.75, 3.05) is 19.0 Å². The molecule has 2 aromatic rings. The number of halogens is 1. The topological polar surface area (TPSA) is 31.9 Å². The highest BCUT2D eigenvalue weighted by atomic mass is 35.5. The zero-order chi connectivity index (χ0) is 12.4. The Labute approximate surface area is 106 Å². The highest BCUT2D eigenvalue weighted by molar-refractivity contribution is 6.16. The quantitative estimate of drug-likeness (QED) is 0.848. The maximum absolute atomic E-state index is 5.77. The van der Waals surface area contributed by atoms with Gasteiger partial charge in [0.25, 0.3) is 0 Å². The van der Waals surface area contributed by atoms with E-state index in [0.29, 0.717) is 5.88 Å². The van der Waals surface area contributed by atoms with E-state index in [2.05, 4.69) is 39.1 Å². The smallest absolute Gasteiger partial charge is 0.121 e. The Kier molecular flexibility index (Phi) is 3.38. The van der Waals surface area contributed by atoms with Crippen molar-refractivity contribution in [1.29, 1.82) is 0 Å². The zero-order valence-electron chi connectivity index (χ0n) is 10.3. The third kappa shape index (κ3) is 2.44. The number of alkyl halides is 1. The fourth-order valence-corrected chi connectivity index (χ4v) is 1.91. The average molecular weight is 250 g/mol. The number of nitrogens with one attached hydrogen (secondary N) is 1. The number of anilines is 1. The molecule has 0 spiro atoms. The molecule has 0 aliphatic carbocycles. The Hall–Kier alpha value is -1.48. The minimum absolute atomic E-state index is 0.413. The fourth-order valence-electron chi connectivity index (χ4n) is 1.78. The van der Waals surface area contributed by atoms with Crippen molar-refractivity contribution in [3.05, 3.63) is 35.8 Å². The van der Waals surface area contributed by atoms with E-state index in [9.17, 15) is 0 Å². The molecule has 1 heterocycles. The Morgan fingerprint density at radius 3 is 2.35 bits per heavy atom. The molecular formula is C13H16ClN3. The lowest BCUT2D eigenvalue weighted by Gasteiger charge is -2.12. The van der Waals surface area contributed by atoms with E-state index in [4.69, 9.17) is 11.6 Å². The highest BCUT2D eigenvalue weighted by Crippen LogP contribution is 2.24. The van der Waals surface area contributed by atoms with Gasteiger partial charge in [0, 0.05) is 31.0 Å². The van der Waals surface area contributed by atoms with E-state index in [-0.39, 0.29) is 0 Å². The van der Waals surface area contributed by atoms with E-state index in [1.165, 1.54) is 5.69 Å². The zero-order valence-corrected chi connectivity index (χ0v) is 11.0. The SMILES string of the molecule is Cc1[nH]c(CCl)nc1-c1ccc(N(C)C)cc1. The monoisotopic (exact) mass is 249 g/mol. The summed E-state index contributed by atoms with van der Waals surface area (Å²) in [5, 5.41) is 0. The summed E-state index contributed by atoms with van der Waals surface area (Å²) in [5.41, 5.74) is 4.32. The summed E-state index contributed by atoms with van der Waals surface area (Å²) in [6, 6.07) is 8.33. The molecule has 90 valence electrons. The van der Waals surface area contributed by atoms with Gasteiger partial charge in [0.15, 0.2) is 0 Å². The first-order valence-electron chi connectivity index (χ1n) is 5.51. The molecule has 0 radical (unpaired) electrons. The van der Waals surface area contributed by atoms with Crippen LogP contribution in [0.5, 0.6) is 0 Å². The Bertz CT molecular complexity index is 500. The van der Waals surface area contributed by atoms with Gasteiger partial charge >= 0.3 is 0 Å². The second-order valence-electron chi connectivity index (χ2n) is 4.23. The van der Waals surface area contributed by atoms with Crippen LogP contribution < -0.4 is 4.90 Å². The van der Waals surface area contributed by atoms with Crippen molar-refractivity contribution in [3.63, 3.8) is 0 Å². The highest BCUT2D eigenvalue weighted by Gasteiger charge is 2.08. The summed E-state index contributed by atoms with van der Waals surface area (Å²) in [6.45, 7) is 2.01. The largest absolute Gasteiger partial charge is 0.378 e. The van der Waals surface area contributed by atoms with Gasteiger partial charge < -0.3 is 9.88 Å². The van der Waals surface area contributed by atoms with Crippen LogP contribution in [0.1, 0.15) is 11.5 Å². The number of hydrogen-bond acceptors (Lipinski definition) is 2. The van der Waals surface area contributed by atoms with Crippen LogP contribution in [0.25, 0.3) is 11.3 Å². The van der Waals surface area contributed by atoms with E-state index in [1.54, 1.807) is 0 Å². The number of benzene rings is 1. The molecule has 1 N–H and O–H groups in total. The molecule has 0 bridgehead atoms. The number of aryl methyl sites for hydroxylation is 1. The summed E-state index contributed by atoms with van der Waals surface area (Å²) in [4.78, 5) is 9.72. The van der Waals surface area contributed by atoms with Crippen LogP contribution in [0.3, 0.4) is 0 Å². The number of imidazole rings is 1. The molecule has 0 amide bonds. The van der Waals surface area contributed by atoms with Crippen molar-refractivity contribution in [3.8, 4) is 11.3 Å².